The number of hydrogen-bond donors (Lipinski definition) is 0. The number of carbonyl (C=O) groups is 1. The molecule has 2 rings (SSSR count). The van der Waals surface area contributed by atoms with Crippen LogP contribution in [0.25, 0.3) is 0 Å². The van der Waals surface area contributed by atoms with Crippen LogP contribution < -0.4 is 0 Å². The zero-order valence-corrected chi connectivity index (χ0v) is 8.56. The predicted molar refractivity (Wildman–Crippen MR) is 58.3 cm³/mol. The van der Waals surface area contributed by atoms with Crippen LogP contribution in [-0.2, 0) is 16.0 Å². The molecule has 2 heteroatoms. The Morgan fingerprint density at radius 1 is 1.40 bits per heavy atom. The molecular formula is C13H14O2. The van der Waals surface area contributed by atoms with Crippen LogP contribution in [0.4, 0.5) is 0 Å². The van der Waals surface area contributed by atoms with Gasteiger partial charge in [-0.3, -0.25) is 4.79 Å². The molecule has 2 nitrogen and oxygen atoms in total. The van der Waals surface area contributed by atoms with Crippen LogP contribution in [0.1, 0.15) is 5.56 Å². The lowest BCUT2D eigenvalue weighted by atomic mass is 9.89. The topological polar surface area (TPSA) is 26.3 Å². The van der Waals surface area contributed by atoms with Gasteiger partial charge in [-0.2, -0.15) is 0 Å². The number of cyclic esters (lactones) is 1. The molecule has 1 fully saturated rings. The number of esters is 1. The third kappa shape index (κ3) is 2.09. The van der Waals surface area contributed by atoms with Crippen molar-refractivity contribution in [1.29, 1.82) is 0 Å². The fraction of sp³-hybridized carbons (Fsp3) is 0.308. The van der Waals surface area contributed by atoms with Gasteiger partial charge in [0, 0.05) is 5.92 Å². The van der Waals surface area contributed by atoms with Crippen LogP contribution in [0.15, 0.2) is 43.0 Å². The summed E-state index contributed by atoms with van der Waals surface area (Å²) < 4.78 is 5.03. The summed E-state index contributed by atoms with van der Waals surface area (Å²) in [6, 6.07) is 10.2. The van der Waals surface area contributed by atoms with Gasteiger partial charge in [-0.15, -0.1) is 6.58 Å². The second kappa shape index (κ2) is 4.30. The van der Waals surface area contributed by atoms with Crippen LogP contribution in [0.5, 0.6) is 0 Å². The molecule has 0 spiro atoms. The van der Waals surface area contributed by atoms with E-state index in [4.69, 9.17) is 4.74 Å². The van der Waals surface area contributed by atoms with E-state index >= 15 is 0 Å². The summed E-state index contributed by atoms with van der Waals surface area (Å²) in [6.45, 7) is 4.20. The maximum absolute atomic E-state index is 11.3. The summed E-state index contributed by atoms with van der Waals surface area (Å²) in [6.07, 6.45) is 2.58. The normalized spacial score (nSPS) is 24.9. The lowest BCUT2D eigenvalue weighted by Crippen LogP contribution is -2.15. The first kappa shape index (κ1) is 9.97. The molecule has 1 aliphatic rings. The minimum Gasteiger partial charge on any atom is -0.465 e. The van der Waals surface area contributed by atoms with E-state index in [2.05, 4.69) is 18.7 Å². The molecule has 0 radical (unpaired) electrons. The minimum atomic E-state index is -0.134. The lowest BCUT2D eigenvalue weighted by Gasteiger charge is -2.10. The van der Waals surface area contributed by atoms with E-state index < -0.39 is 0 Å². The van der Waals surface area contributed by atoms with Gasteiger partial charge in [0.2, 0.25) is 0 Å². The summed E-state index contributed by atoms with van der Waals surface area (Å²) in [5, 5.41) is 0. The van der Waals surface area contributed by atoms with E-state index in [0.29, 0.717) is 6.61 Å². The molecule has 0 saturated carbocycles. The Morgan fingerprint density at radius 2 is 2.13 bits per heavy atom. The van der Waals surface area contributed by atoms with Crippen molar-refractivity contribution in [2.75, 3.05) is 6.61 Å². The number of benzene rings is 1. The highest BCUT2D eigenvalue weighted by atomic mass is 16.5. The molecule has 0 N–H and O–H groups in total. The van der Waals surface area contributed by atoms with Gasteiger partial charge in [0.25, 0.3) is 0 Å². The van der Waals surface area contributed by atoms with Gasteiger partial charge in [0.05, 0.1) is 12.5 Å². The van der Waals surface area contributed by atoms with Crippen molar-refractivity contribution in [1.82, 2.24) is 0 Å². The molecule has 1 aromatic rings. The van der Waals surface area contributed by atoms with Crippen molar-refractivity contribution in [3.05, 3.63) is 48.6 Å². The average molecular weight is 202 g/mol. The molecule has 15 heavy (non-hydrogen) atoms. The van der Waals surface area contributed by atoms with E-state index in [1.807, 2.05) is 18.2 Å². The van der Waals surface area contributed by atoms with Gasteiger partial charge in [-0.25, -0.2) is 0 Å². The third-order valence-corrected chi connectivity index (χ3v) is 2.81. The predicted octanol–water partition coefficient (Wildman–Crippen LogP) is 2.20. The van der Waals surface area contributed by atoms with Gasteiger partial charge >= 0.3 is 5.97 Å². The minimum absolute atomic E-state index is 0.133. The highest BCUT2D eigenvalue weighted by Crippen LogP contribution is 2.26. The quantitative estimate of drug-likeness (QED) is 0.555. The monoisotopic (exact) mass is 202 g/mol. The van der Waals surface area contributed by atoms with Crippen LogP contribution in [-0.4, -0.2) is 12.6 Å². The maximum atomic E-state index is 11.3. The molecule has 1 saturated heterocycles. The van der Waals surface area contributed by atoms with Crippen molar-refractivity contribution in [2.45, 2.75) is 6.42 Å². The van der Waals surface area contributed by atoms with Crippen LogP contribution >= 0.6 is 0 Å². The number of ether oxygens (including phenoxy) is 1. The van der Waals surface area contributed by atoms with Crippen molar-refractivity contribution in [2.24, 2.45) is 11.8 Å². The van der Waals surface area contributed by atoms with Crippen molar-refractivity contribution in [3.8, 4) is 0 Å². The van der Waals surface area contributed by atoms with Crippen molar-refractivity contribution < 1.29 is 9.53 Å². The maximum Gasteiger partial charge on any atom is 0.313 e. The smallest absolute Gasteiger partial charge is 0.313 e. The van der Waals surface area contributed by atoms with E-state index in [0.717, 1.165) is 6.42 Å². The van der Waals surface area contributed by atoms with Crippen LogP contribution in [0.3, 0.4) is 0 Å². The summed E-state index contributed by atoms with van der Waals surface area (Å²) in [7, 11) is 0. The number of rotatable bonds is 3. The lowest BCUT2D eigenvalue weighted by molar-refractivity contribution is -0.140. The van der Waals surface area contributed by atoms with Gasteiger partial charge in [-0.05, 0) is 12.0 Å². The van der Waals surface area contributed by atoms with Crippen LogP contribution in [0.2, 0.25) is 0 Å². The molecule has 1 heterocycles. The van der Waals surface area contributed by atoms with Gasteiger partial charge in [0.15, 0.2) is 0 Å². The molecule has 0 bridgehead atoms. The molecular weight excluding hydrogens is 188 g/mol. The highest BCUT2D eigenvalue weighted by Gasteiger charge is 2.34. The fourth-order valence-electron chi connectivity index (χ4n) is 1.97. The standard InChI is InChI=1S/C13H14O2/c1-2-12-11(9-15-13(12)14)8-10-6-4-3-5-7-10/h2-7,11-12H,1,8-9H2/t11-,12+/m0/s1. The third-order valence-electron chi connectivity index (χ3n) is 2.81. The van der Waals surface area contributed by atoms with Gasteiger partial charge < -0.3 is 4.74 Å². The SMILES string of the molecule is C=C[C@H]1C(=O)OC[C@@H]1Cc1ccccc1. The Hall–Kier alpha value is -1.57. The molecule has 78 valence electrons. The van der Waals surface area contributed by atoms with E-state index in [1.165, 1.54) is 5.56 Å². The Balaban J connectivity index is 2.07. The Kier molecular flexibility index (Phi) is 2.86. The first-order valence-corrected chi connectivity index (χ1v) is 5.14. The van der Waals surface area contributed by atoms with E-state index in [1.54, 1.807) is 6.08 Å². The molecule has 0 unspecified atom stereocenters. The summed E-state index contributed by atoms with van der Waals surface area (Å²) in [5.74, 6) is -0.0199. The average Bonchev–Trinajstić information content (AvgIpc) is 2.61. The second-order valence-electron chi connectivity index (χ2n) is 3.84. The highest BCUT2D eigenvalue weighted by molar-refractivity contribution is 5.76. The Bertz CT molecular complexity index is 356. The van der Waals surface area contributed by atoms with E-state index in [9.17, 15) is 4.79 Å². The zero-order valence-electron chi connectivity index (χ0n) is 8.56. The largest absolute Gasteiger partial charge is 0.465 e. The summed E-state index contributed by atoms with van der Waals surface area (Å²) in [4.78, 5) is 11.3. The van der Waals surface area contributed by atoms with Gasteiger partial charge in [-0.1, -0.05) is 36.4 Å². The van der Waals surface area contributed by atoms with Crippen LogP contribution in [0, 0.1) is 11.8 Å². The Labute approximate surface area is 89.6 Å². The molecule has 0 aliphatic carbocycles. The van der Waals surface area contributed by atoms with E-state index in [-0.39, 0.29) is 17.8 Å². The fourth-order valence-corrected chi connectivity index (χ4v) is 1.97. The number of hydrogen-bond acceptors (Lipinski definition) is 2. The molecule has 2 atom stereocenters. The van der Waals surface area contributed by atoms with Crippen molar-refractivity contribution in [3.63, 3.8) is 0 Å². The Morgan fingerprint density at radius 3 is 2.80 bits per heavy atom. The molecule has 1 aliphatic heterocycles. The molecule has 1 aromatic carbocycles. The summed E-state index contributed by atoms with van der Waals surface area (Å²) in [5.41, 5.74) is 1.24. The number of carbonyl (C=O) groups excluding carboxylic acids is 1. The van der Waals surface area contributed by atoms with Crippen molar-refractivity contribution >= 4 is 5.97 Å². The first-order chi connectivity index (χ1) is 7.31. The first-order valence-electron chi connectivity index (χ1n) is 5.14. The molecule has 0 amide bonds. The molecule has 0 aromatic heterocycles. The second-order valence-corrected chi connectivity index (χ2v) is 3.84. The zero-order chi connectivity index (χ0) is 10.7. The summed E-state index contributed by atoms with van der Waals surface area (Å²) >= 11 is 0. The van der Waals surface area contributed by atoms with Gasteiger partial charge in [0.1, 0.15) is 0 Å².